The van der Waals surface area contributed by atoms with Gasteiger partial charge in [0.1, 0.15) is 0 Å². The highest BCUT2D eigenvalue weighted by molar-refractivity contribution is 5.95. The fourth-order valence-corrected chi connectivity index (χ4v) is 0.717. The van der Waals surface area contributed by atoms with Gasteiger partial charge in [0, 0.05) is 11.9 Å². The highest BCUT2D eigenvalue weighted by Gasteiger charge is 1.97. The van der Waals surface area contributed by atoms with Crippen LogP contribution in [-0.2, 0) is 0 Å². The predicted molar refractivity (Wildman–Crippen MR) is 39.6 cm³/mol. The van der Waals surface area contributed by atoms with Crippen LogP contribution in [-0.4, -0.2) is 10.7 Å². The number of pyridine rings is 1. The molecule has 52 valence electrons. The van der Waals surface area contributed by atoms with Crippen LogP contribution in [0, 0.1) is 5.41 Å². The third-order valence-corrected chi connectivity index (χ3v) is 1.22. The van der Waals surface area contributed by atoms with Gasteiger partial charge in [0.05, 0.1) is 5.56 Å². The van der Waals surface area contributed by atoms with Crippen molar-refractivity contribution in [2.75, 3.05) is 0 Å². The molecule has 0 aliphatic carbocycles. The van der Waals surface area contributed by atoms with Gasteiger partial charge in [0.2, 0.25) is 0 Å². The summed E-state index contributed by atoms with van der Waals surface area (Å²) in [4.78, 5) is 13.3. The Morgan fingerprint density at radius 1 is 1.70 bits per heavy atom. The van der Waals surface area contributed by atoms with Gasteiger partial charge in [-0.3, -0.25) is 4.79 Å². The Kier molecular flexibility index (Phi) is 1.67. The maximum atomic E-state index is 10.9. The van der Waals surface area contributed by atoms with Gasteiger partial charge in [-0.25, -0.2) is 0 Å². The summed E-state index contributed by atoms with van der Waals surface area (Å²) in [5.74, 6) is 0. The maximum absolute atomic E-state index is 10.9. The molecule has 1 heterocycles. The minimum atomic E-state index is -0.199. The minimum absolute atomic E-state index is 0.199. The zero-order chi connectivity index (χ0) is 7.56. The molecule has 0 aliphatic rings. The molecule has 3 heteroatoms. The fraction of sp³-hybridized carbons (Fsp3) is 0.143. The van der Waals surface area contributed by atoms with E-state index in [1.165, 1.54) is 0 Å². The molecule has 0 radical (unpaired) electrons. The second kappa shape index (κ2) is 2.47. The van der Waals surface area contributed by atoms with Crippen LogP contribution in [0.15, 0.2) is 23.1 Å². The molecule has 0 saturated carbocycles. The Balaban J connectivity index is 3.29. The summed E-state index contributed by atoms with van der Waals surface area (Å²) < 4.78 is 0. The van der Waals surface area contributed by atoms with Gasteiger partial charge >= 0.3 is 0 Å². The summed E-state index contributed by atoms with van der Waals surface area (Å²) in [7, 11) is 0. The molecule has 10 heavy (non-hydrogen) atoms. The van der Waals surface area contributed by atoms with Crippen molar-refractivity contribution in [1.82, 2.24) is 4.98 Å². The van der Waals surface area contributed by atoms with Crippen LogP contribution in [0.1, 0.15) is 12.5 Å². The molecular formula is C7H8N2O. The summed E-state index contributed by atoms with van der Waals surface area (Å²) in [5.41, 5.74) is 0.527. The summed E-state index contributed by atoms with van der Waals surface area (Å²) in [6, 6.07) is 3.33. The Labute approximate surface area is 58.2 Å². The van der Waals surface area contributed by atoms with Crippen LogP contribution in [0.5, 0.6) is 0 Å². The molecule has 0 bridgehead atoms. The van der Waals surface area contributed by atoms with Crippen molar-refractivity contribution in [3.8, 4) is 0 Å². The van der Waals surface area contributed by atoms with Gasteiger partial charge in [0.25, 0.3) is 5.56 Å². The first kappa shape index (κ1) is 6.74. The molecule has 0 aromatic carbocycles. The molecule has 0 saturated heterocycles. The molecule has 3 nitrogen and oxygen atoms in total. The first-order chi connectivity index (χ1) is 4.72. The third-order valence-electron chi connectivity index (χ3n) is 1.22. The lowest BCUT2D eigenvalue weighted by Crippen LogP contribution is -2.14. The largest absolute Gasteiger partial charge is 0.329 e. The average Bonchev–Trinajstić information content (AvgIpc) is 1.88. The predicted octanol–water partition coefficient (Wildman–Crippen LogP) is 0.763. The van der Waals surface area contributed by atoms with Crippen molar-refractivity contribution in [2.24, 2.45) is 0 Å². The average molecular weight is 136 g/mol. The number of H-pyrrole nitrogens is 1. The topological polar surface area (TPSA) is 56.7 Å². The van der Waals surface area contributed by atoms with Gasteiger partial charge in [-0.15, -0.1) is 0 Å². The molecular weight excluding hydrogens is 128 g/mol. The summed E-state index contributed by atoms with van der Waals surface area (Å²) in [5, 5.41) is 7.16. The summed E-state index contributed by atoms with van der Waals surface area (Å²) in [6.45, 7) is 1.59. The second-order valence-corrected chi connectivity index (χ2v) is 2.04. The molecule has 0 spiro atoms. The zero-order valence-corrected chi connectivity index (χ0v) is 5.64. The lowest BCUT2D eigenvalue weighted by atomic mass is 10.2. The maximum Gasteiger partial charge on any atom is 0.257 e. The number of aromatic amines is 1. The van der Waals surface area contributed by atoms with E-state index in [2.05, 4.69) is 4.98 Å². The van der Waals surface area contributed by atoms with Crippen molar-refractivity contribution in [1.29, 1.82) is 5.41 Å². The molecule has 0 atom stereocenters. The monoisotopic (exact) mass is 136 g/mol. The van der Waals surface area contributed by atoms with E-state index in [1.807, 2.05) is 0 Å². The van der Waals surface area contributed by atoms with E-state index in [1.54, 1.807) is 25.3 Å². The molecule has 0 amide bonds. The highest BCUT2D eigenvalue weighted by atomic mass is 16.1. The van der Waals surface area contributed by atoms with E-state index in [0.29, 0.717) is 11.3 Å². The number of hydrogen-bond acceptors (Lipinski definition) is 2. The first-order valence-corrected chi connectivity index (χ1v) is 2.95. The summed E-state index contributed by atoms with van der Waals surface area (Å²) in [6.07, 6.45) is 1.55. The second-order valence-electron chi connectivity index (χ2n) is 2.04. The smallest absolute Gasteiger partial charge is 0.257 e. The van der Waals surface area contributed by atoms with E-state index < -0.39 is 0 Å². The van der Waals surface area contributed by atoms with Crippen LogP contribution in [0.3, 0.4) is 0 Å². The van der Waals surface area contributed by atoms with Crippen molar-refractivity contribution in [3.05, 3.63) is 34.2 Å². The molecule has 0 unspecified atom stereocenters. The SMILES string of the molecule is CC(=N)c1ccc[nH]c1=O. The van der Waals surface area contributed by atoms with Crippen LogP contribution >= 0.6 is 0 Å². The number of hydrogen-bond donors (Lipinski definition) is 2. The van der Waals surface area contributed by atoms with Crippen LogP contribution in [0.25, 0.3) is 0 Å². The first-order valence-electron chi connectivity index (χ1n) is 2.95. The van der Waals surface area contributed by atoms with E-state index in [9.17, 15) is 4.79 Å². The van der Waals surface area contributed by atoms with Crippen molar-refractivity contribution >= 4 is 5.71 Å². The number of rotatable bonds is 1. The minimum Gasteiger partial charge on any atom is -0.329 e. The van der Waals surface area contributed by atoms with Crippen molar-refractivity contribution in [3.63, 3.8) is 0 Å². The van der Waals surface area contributed by atoms with E-state index in [4.69, 9.17) is 5.41 Å². The van der Waals surface area contributed by atoms with Gasteiger partial charge in [-0.1, -0.05) is 0 Å². The van der Waals surface area contributed by atoms with E-state index in [0.717, 1.165) is 0 Å². The Hall–Kier alpha value is -1.38. The van der Waals surface area contributed by atoms with E-state index >= 15 is 0 Å². The lowest BCUT2D eigenvalue weighted by Gasteiger charge is -1.92. The van der Waals surface area contributed by atoms with Gasteiger partial charge in [-0.05, 0) is 19.1 Å². The van der Waals surface area contributed by atoms with Crippen LogP contribution in [0.2, 0.25) is 0 Å². The molecule has 1 rings (SSSR count). The van der Waals surface area contributed by atoms with Gasteiger partial charge in [0.15, 0.2) is 0 Å². The Bertz CT molecular complexity index is 300. The van der Waals surface area contributed by atoms with Gasteiger partial charge < -0.3 is 10.4 Å². The summed E-state index contributed by atoms with van der Waals surface area (Å²) >= 11 is 0. The van der Waals surface area contributed by atoms with Crippen LogP contribution < -0.4 is 5.56 Å². The van der Waals surface area contributed by atoms with Crippen molar-refractivity contribution in [2.45, 2.75) is 6.92 Å². The van der Waals surface area contributed by atoms with Gasteiger partial charge in [-0.2, -0.15) is 0 Å². The Morgan fingerprint density at radius 3 is 2.80 bits per heavy atom. The lowest BCUT2D eigenvalue weighted by molar-refractivity contribution is 1.22. The quantitative estimate of drug-likeness (QED) is 0.550. The molecule has 1 aromatic rings. The zero-order valence-electron chi connectivity index (χ0n) is 5.64. The Morgan fingerprint density at radius 2 is 2.40 bits per heavy atom. The number of nitrogens with one attached hydrogen (secondary N) is 2. The standard InChI is InChI=1S/C7H8N2O/c1-5(8)6-3-2-4-9-7(6)10/h2-4,8H,1H3,(H,9,10). The van der Waals surface area contributed by atoms with Crippen LogP contribution in [0.4, 0.5) is 0 Å². The number of aromatic nitrogens is 1. The van der Waals surface area contributed by atoms with Crippen molar-refractivity contribution < 1.29 is 0 Å². The fourth-order valence-electron chi connectivity index (χ4n) is 0.717. The molecule has 1 aromatic heterocycles. The highest BCUT2D eigenvalue weighted by Crippen LogP contribution is 1.88. The van der Waals surface area contributed by atoms with E-state index in [-0.39, 0.29) is 5.56 Å². The molecule has 0 fully saturated rings. The molecule has 2 N–H and O–H groups in total. The third kappa shape index (κ3) is 1.13. The molecule has 0 aliphatic heterocycles. The normalized spacial score (nSPS) is 9.30.